The van der Waals surface area contributed by atoms with Crippen molar-refractivity contribution in [3.63, 3.8) is 0 Å². The third-order valence-corrected chi connectivity index (χ3v) is 3.37. The number of ether oxygens (including phenoxy) is 1. The minimum Gasteiger partial charge on any atom is -0.485 e. The summed E-state index contributed by atoms with van der Waals surface area (Å²) in [5.74, 6) is 0.0899. The molecule has 108 valence electrons. The van der Waals surface area contributed by atoms with Gasteiger partial charge in [0.25, 0.3) is 0 Å². The van der Waals surface area contributed by atoms with Gasteiger partial charge in [0, 0.05) is 18.0 Å². The van der Waals surface area contributed by atoms with Crippen LogP contribution in [0.1, 0.15) is 12.6 Å². The van der Waals surface area contributed by atoms with E-state index in [1.54, 1.807) is 0 Å². The normalized spacial score (nSPS) is 11.0. The average molecular weight is 285 g/mol. The monoisotopic (exact) mass is 285 g/mol. The van der Waals surface area contributed by atoms with Crippen LogP contribution in [0.15, 0.2) is 42.5 Å². The molecule has 21 heavy (non-hydrogen) atoms. The van der Waals surface area contributed by atoms with Crippen LogP contribution in [-0.4, -0.2) is 9.78 Å². The van der Waals surface area contributed by atoms with Crippen molar-refractivity contribution in [1.82, 2.24) is 9.78 Å². The number of aryl methyl sites for hydroxylation is 1. The molecule has 0 saturated heterocycles. The van der Waals surface area contributed by atoms with Crippen LogP contribution in [0.4, 0.5) is 10.1 Å². The number of anilines is 1. The fraction of sp³-hybridized carbons (Fsp3) is 0.188. The van der Waals surface area contributed by atoms with Crippen LogP contribution in [0.25, 0.3) is 10.9 Å². The maximum atomic E-state index is 13.0. The van der Waals surface area contributed by atoms with E-state index in [4.69, 9.17) is 10.5 Å². The summed E-state index contributed by atoms with van der Waals surface area (Å²) in [6, 6.07) is 12.1. The van der Waals surface area contributed by atoms with Crippen molar-refractivity contribution in [2.75, 3.05) is 5.73 Å². The van der Waals surface area contributed by atoms with Crippen LogP contribution < -0.4 is 10.5 Å². The van der Waals surface area contributed by atoms with E-state index in [0.717, 1.165) is 23.1 Å². The predicted octanol–water partition coefficient (Wildman–Crippen LogP) is 3.36. The molecule has 0 aliphatic carbocycles. The van der Waals surface area contributed by atoms with Gasteiger partial charge < -0.3 is 10.5 Å². The molecule has 0 fully saturated rings. The molecule has 0 unspecified atom stereocenters. The number of nitrogens with two attached hydrogens (primary N) is 1. The Morgan fingerprint density at radius 2 is 2.05 bits per heavy atom. The highest BCUT2D eigenvalue weighted by molar-refractivity contribution is 5.81. The molecule has 2 N–H and O–H groups in total. The number of fused-ring (bicyclic) bond motifs is 1. The molecule has 0 radical (unpaired) electrons. The highest BCUT2D eigenvalue weighted by atomic mass is 19.1. The summed E-state index contributed by atoms with van der Waals surface area (Å²) < 4.78 is 20.6. The van der Waals surface area contributed by atoms with Gasteiger partial charge in [0.1, 0.15) is 23.9 Å². The molecule has 3 aromatic rings. The first-order valence-electron chi connectivity index (χ1n) is 6.81. The standard InChI is InChI=1S/C16H16FN3O/c1-2-20-15-6-4-3-5-12(15)14(19-20)10-21-16-8-7-11(17)9-13(16)18/h3-9H,2,10,18H2,1H3. The van der Waals surface area contributed by atoms with Gasteiger partial charge in [-0.05, 0) is 25.1 Å². The number of benzene rings is 2. The summed E-state index contributed by atoms with van der Waals surface area (Å²) in [6.07, 6.45) is 0. The lowest BCUT2D eigenvalue weighted by molar-refractivity contribution is 0.302. The lowest BCUT2D eigenvalue weighted by atomic mass is 10.2. The number of hydrogen-bond acceptors (Lipinski definition) is 3. The molecule has 0 aliphatic heterocycles. The Morgan fingerprint density at radius 1 is 1.24 bits per heavy atom. The molecule has 0 aliphatic rings. The zero-order valence-electron chi connectivity index (χ0n) is 11.7. The Labute approximate surface area is 121 Å². The lowest BCUT2D eigenvalue weighted by Crippen LogP contribution is -2.02. The average Bonchev–Trinajstić information content (AvgIpc) is 2.85. The van der Waals surface area contributed by atoms with Crippen molar-refractivity contribution >= 4 is 16.6 Å². The van der Waals surface area contributed by atoms with Crippen LogP contribution in [0.2, 0.25) is 0 Å². The van der Waals surface area contributed by atoms with Crippen molar-refractivity contribution in [3.8, 4) is 5.75 Å². The fourth-order valence-electron chi connectivity index (χ4n) is 2.34. The largest absolute Gasteiger partial charge is 0.485 e. The molecule has 0 bridgehead atoms. The highest BCUT2D eigenvalue weighted by Gasteiger charge is 2.10. The van der Waals surface area contributed by atoms with Gasteiger partial charge >= 0.3 is 0 Å². The van der Waals surface area contributed by atoms with E-state index in [1.165, 1.54) is 18.2 Å². The molecular formula is C16H16FN3O. The molecule has 0 amide bonds. The maximum absolute atomic E-state index is 13.0. The van der Waals surface area contributed by atoms with E-state index in [2.05, 4.69) is 5.10 Å². The fourth-order valence-corrected chi connectivity index (χ4v) is 2.34. The van der Waals surface area contributed by atoms with Crippen LogP contribution in [0.3, 0.4) is 0 Å². The van der Waals surface area contributed by atoms with E-state index >= 15 is 0 Å². The Bertz CT molecular complexity index is 782. The summed E-state index contributed by atoms with van der Waals surface area (Å²) in [5, 5.41) is 5.60. The summed E-state index contributed by atoms with van der Waals surface area (Å²) in [6.45, 7) is 3.13. The molecule has 0 saturated carbocycles. The Balaban J connectivity index is 1.88. The number of aromatic nitrogens is 2. The van der Waals surface area contributed by atoms with Gasteiger partial charge in [0.15, 0.2) is 0 Å². The van der Waals surface area contributed by atoms with Gasteiger partial charge in [-0.25, -0.2) is 4.39 Å². The number of nitrogen functional groups attached to an aromatic ring is 1. The van der Waals surface area contributed by atoms with Gasteiger partial charge in [-0.2, -0.15) is 5.10 Å². The van der Waals surface area contributed by atoms with E-state index in [0.29, 0.717) is 12.4 Å². The number of hydrogen-bond donors (Lipinski definition) is 1. The second-order valence-electron chi connectivity index (χ2n) is 4.75. The zero-order chi connectivity index (χ0) is 14.8. The molecule has 4 nitrogen and oxygen atoms in total. The van der Waals surface area contributed by atoms with E-state index in [9.17, 15) is 4.39 Å². The summed E-state index contributed by atoms with van der Waals surface area (Å²) in [5.41, 5.74) is 7.94. The van der Waals surface area contributed by atoms with Crippen LogP contribution in [-0.2, 0) is 13.2 Å². The lowest BCUT2D eigenvalue weighted by Gasteiger charge is -2.07. The van der Waals surface area contributed by atoms with Gasteiger partial charge in [0.05, 0.1) is 11.2 Å². The molecule has 0 spiro atoms. The second-order valence-corrected chi connectivity index (χ2v) is 4.75. The molecule has 2 aromatic carbocycles. The Kier molecular flexibility index (Phi) is 3.48. The van der Waals surface area contributed by atoms with Crippen molar-refractivity contribution in [1.29, 1.82) is 0 Å². The van der Waals surface area contributed by atoms with Crippen molar-refractivity contribution in [2.45, 2.75) is 20.1 Å². The second kappa shape index (κ2) is 5.44. The minimum atomic E-state index is -0.374. The molecule has 5 heteroatoms. The highest BCUT2D eigenvalue weighted by Crippen LogP contribution is 2.24. The maximum Gasteiger partial charge on any atom is 0.142 e. The summed E-state index contributed by atoms with van der Waals surface area (Å²) >= 11 is 0. The summed E-state index contributed by atoms with van der Waals surface area (Å²) in [7, 11) is 0. The molecule has 1 heterocycles. The first-order valence-corrected chi connectivity index (χ1v) is 6.81. The van der Waals surface area contributed by atoms with E-state index in [-0.39, 0.29) is 11.5 Å². The first kappa shape index (κ1) is 13.4. The van der Waals surface area contributed by atoms with Gasteiger partial charge in [-0.3, -0.25) is 4.68 Å². The van der Waals surface area contributed by atoms with Gasteiger partial charge in [-0.15, -0.1) is 0 Å². The smallest absolute Gasteiger partial charge is 0.142 e. The number of para-hydroxylation sites is 1. The Hall–Kier alpha value is -2.56. The molecule has 0 atom stereocenters. The number of rotatable bonds is 4. The van der Waals surface area contributed by atoms with Crippen LogP contribution in [0, 0.1) is 5.82 Å². The molecule has 3 rings (SSSR count). The van der Waals surface area contributed by atoms with Gasteiger partial charge in [-0.1, -0.05) is 18.2 Å². The predicted molar refractivity (Wildman–Crippen MR) is 80.6 cm³/mol. The molecular weight excluding hydrogens is 269 g/mol. The van der Waals surface area contributed by atoms with Crippen LogP contribution >= 0.6 is 0 Å². The zero-order valence-corrected chi connectivity index (χ0v) is 11.7. The third kappa shape index (κ3) is 2.54. The van der Waals surface area contributed by atoms with Crippen molar-refractivity contribution in [3.05, 3.63) is 54.0 Å². The van der Waals surface area contributed by atoms with Crippen LogP contribution in [0.5, 0.6) is 5.75 Å². The van der Waals surface area contributed by atoms with Crippen molar-refractivity contribution < 1.29 is 9.13 Å². The molecule has 1 aromatic heterocycles. The van der Waals surface area contributed by atoms with Crippen molar-refractivity contribution in [2.24, 2.45) is 0 Å². The third-order valence-electron chi connectivity index (χ3n) is 3.37. The van der Waals surface area contributed by atoms with E-state index in [1.807, 2.05) is 35.9 Å². The quantitative estimate of drug-likeness (QED) is 0.748. The minimum absolute atomic E-state index is 0.286. The summed E-state index contributed by atoms with van der Waals surface area (Å²) in [4.78, 5) is 0. The van der Waals surface area contributed by atoms with E-state index < -0.39 is 0 Å². The number of nitrogens with zero attached hydrogens (tertiary/aromatic N) is 2. The SMILES string of the molecule is CCn1nc(COc2ccc(F)cc2N)c2ccccc21. The first-order chi connectivity index (χ1) is 10.2. The Morgan fingerprint density at radius 3 is 2.81 bits per heavy atom. The topological polar surface area (TPSA) is 53.1 Å². The van der Waals surface area contributed by atoms with Gasteiger partial charge in [0.2, 0.25) is 0 Å². The number of halogens is 1.